The predicted molar refractivity (Wildman–Crippen MR) is 119 cm³/mol. The van der Waals surface area contributed by atoms with Gasteiger partial charge in [0.05, 0.1) is 6.54 Å². The number of aromatic amines is 1. The summed E-state index contributed by atoms with van der Waals surface area (Å²) in [5, 5.41) is 11.5. The van der Waals surface area contributed by atoms with Crippen molar-refractivity contribution in [3.8, 4) is 5.75 Å². The molecular weight excluding hydrogens is 404 g/mol. The van der Waals surface area contributed by atoms with E-state index in [2.05, 4.69) is 30.7 Å². The average molecular weight is 433 g/mol. The van der Waals surface area contributed by atoms with Gasteiger partial charge in [0.15, 0.2) is 16.3 Å². The molecule has 0 saturated carbocycles. The Morgan fingerprint density at radius 3 is 2.57 bits per heavy atom. The number of aromatic nitrogens is 4. The Hall–Kier alpha value is -2.52. The lowest BCUT2D eigenvalue weighted by molar-refractivity contribution is 0.0913. The minimum absolute atomic E-state index is 0.0717. The van der Waals surface area contributed by atoms with Crippen molar-refractivity contribution in [1.29, 1.82) is 0 Å². The molecule has 0 fully saturated rings. The van der Waals surface area contributed by atoms with Crippen molar-refractivity contribution in [2.45, 2.75) is 56.7 Å². The first kappa shape index (κ1) is 22.2. The van der Waals surface area contributed by atoms with Gasteiger partial charge in [-0.1, -0.05) is 44.7 Å². The first-order valence-corrected chi connectivity index (χ1v) is 11.0. The smallest absolute Gasteiger partial charge is 0.329 e. The summed E-state index contributed by atoms with van der Waals surface area (Å²) in [7, 11) is 1.56. The van der Waals surface area contributed by atoms with E-state index in [0.29, 0.717) is 16.6 Å². The highest BCUT2D eigenvalue weighted by Crippen LogP contribution is 2.27. The standard InChI is InChI=1S/C21H28N4O4S/c1-5-13(3)30-21-22-18-17(19(27)23-20(28)24(18)4)25(21)11-15(26)12-29-16-9-7-14(6-2)8-10-16/h7-10,13,15,26H,5-6,11-12H2,1-4H3,(H,23,27,28)/t13-,15+/m0/s1. The molecule has 0 aliphatic carbocycles. The molecule has 9 heteroatoms. The van der Waals surface area contributed by atoms with Crippen molar-refractivity contribution in [3.63, 3.8) is 0 Å². The Labute approximate surface area is 178 Å². The third-order valence-electron chi connectivity index (χ3n) is 5.02. The molecular formula is C21H28N4O4S. The number of aliphatic hydroxyl groups is 1. The molecule has 2 N–H and O–H groups in total. The summed E-state index contributed by atoms with van der Waals surface area (Å²) in [5.74, 6) is 0.677. The Bertz CT molecular complexity index is 1120. The molecule has 2 heterocycles. The summed E-state index contributed by atoms with van der Waals surface area (Å²) in [5.41, 5.74) is 0.757. The van der Waals surface area contributed by atoms with E-state index in [0.717, 1.165) is 12.8 Å². The zero-order valence-electron chi connectivity index (χ0n) is 17.7. The van der Waals surface area contributed by atoms with Gasteiger partial charge in [-0.05, 0) is 30.5 Å². The number of ether oxygens (including phenoxy) is 1. The number of hydrogen-bond acceptors (Lipinski definition) is 6. The van der Waals surface area contributed by atoms with Crippen molar-refractivity contribution in [1.82, 2.24) is 19.1 Å². The minimum Gasteiger partial charge on any atom is -0.491 e. The number of hydrogen-bond donors (Lipinski definition) is 2. The Morgan fingerprint density at radius 2 is 1.93 bits per heavy atom. The van der Waals surface area contributed by atoms with Gasteiger partial charge in [-0.3, -0.25) is 14.3 Å². The third kappa shape index (κ3) is 4.79. The van der Waals surface area contributed by atoms with Crippen LogP contribution < -0.4 is 16.0 Å². The molecule has 0 aliphatic rings. The van der Waals surface area contributed by atoms with Crippen LogP contribution in [-0.4, -0.2) is 42.2 Å². The van der Waals surface area contributed by atoms with Crippen LogP contribution in [0.3, 0.4) is 0 Å². The first-order valence-electron chi connectivity index (χ1n) is 10.1. The van der Waals surface area contributed by atoms with Crippen molar-refractivity contribution in [2.75, 3.05) is 6.61 Å². The molecule has 162 valence electrons. The maximum absolute atomic E-state index is 12.5. The van der Waals surface area contributed by atoms with Crippen LogP contribution >= 0.6 is 11.8 Å². The second kappa shape index (κ2) is 9.53. The summed E-state index contributed by atoms with van der Waals surface area (Å²) >= 11 is 1.51. The maximum Gasteiger partial charge on any atom is 0.329 e. The number of benzene rings is 1. The van der Waals surface area contributed by atoms with Crippen LogP contribution in [0, 0.1) is 0 Å². The van der Waals surface area contributed by atoms with Crippen LogP contribution in [0.1, 0.15) is 32.8 Å². The van der Waals surface area contributed by atoms with E-state index in [1.807, 2.05) is 24.3 Å². The lowest BCUT2D eigenvalue weighted by atomic mass is 10.2. The van der Waals surface area contributed by atoms with Crippen molar-refractivity contribution < 1.29 is 9.84 Å². The number of rotatable bonds is 9. The van der Waals surface area contributed by atoms with Gasteiger partial charge in [-0.15, -0.1) is 0 Å². The fraction of sp³-hybridized carbons (Fsp3) is 0.476. The number of nitrogens with one attached hydrogen (secondary N) is 1. The molecule has 3 rings (SSSR count). The molecule has 30 heavy (non-hydrogen) atoms. The summed E-state index contributed by atoms with van der Waals surface area (Å²) in [4.78, 5) is 31.3. The number of imidazole rings is 1. The number of aryl methyl sites for hydroxylation is 2. The molecule has 0 spiro atoms. The molecule has 2 aromatic heterocycles. The van der Waals surface area contributed by atoms with Gasteiger partial charge in [0, 0.05) is 12.3 Å². The molecule has 0 unspecified atom stereocenters. The van der Waals surface area contributed by atoms with Crippen LogP contribution in [0.5, 0.6) is 5.75 Å². The fourth-order valence-electron chi connectivity index (χ4n) is 3.01. The summed E-state index contributed by atoms with van der Waals surface area (Å²) in [6.45, 7) is 6.42. The van der Waals surface area contributed by atoms with E-state index in [9.17, 15) is 14.7 Å². The fourth-order valence-corrected chi connectivity index (χ4v) is 3.97. The van der Waals surface area contributed by atoms with Crippen LogP contribution in [0.15, 0.2) is 39.0 Å². The van der Waals surface area contributed by atoms with Gasteiger partial charge < -0.3 is 14.4 Å². The van der Waals surface area contributed by atoms with Crippen molar-refractivity contribution in [2.24, 2.45) is 7.05 Å². The molecule has 8 nitrogen and oxygen atoms in total. The minimum atomic E-state index is -0.860. The topological polar surface area (TPSA) is 102 Å². The van der Waals surface area contributed by atoms with E-state index in [1.54, 1.807) is 11.6 Å². The van der Waals surface area contributed by atoms with E-state index in [-0.39, 0.29) is 23.9 Å². The van der Waals surface area contributed by atoms with Gasteiger partial charge in [0.2, 0.25) is 0 Å². The highest BCUT2D eigenvalue weighted by molar-refractivity contribution is 7.99. The van der Waals surface area contributed by atoms with Gasteiger partial charge in [-0.25, -0.2) is 9.78 Å². The first-order chi connectivity index (χ1) is 14.3. The highest BCUT2D eigenvalue weighted by Gasteiger charge is 2.21. The van der Waals surface area contributed by atoms with Gasteiger partial charge in [0.25, 0.3) is 5.56 Å². The quantitative estimate of drug-likeness (QED) is 0.503. The molecule has 1 aromatic carbocycles. The van der Waals surface area contributed by atoms with Gasteiger partial charge in [0.1, 0.15) is 18.5 Å². The Kier molecular flexibility index (Phi) is 7.04. The summed E-state index contributed by atoms with van der Waals surface area (Å²) < 4.78 is 8.70. The molecule has 0 aliphatic heterocycles. The lowest BCUT2D eigenvalue weighted by Crippen LogP contribution is -2.30. The highest BCUT2D eigenvalue weighted by atomic mass is 32.2. The number of nitrogens with zero attached hydrogens (tertiary/aromatic N) is 3. The number of thioether (sulfide) groups is 1. The normalized spacial score (nSPS) is 13.5. The van der Waals surface area contributed by atoms with Crippen molar-refractivity contribution >= 4 is 22.9 Å². The second-order valence-corrected chi connectivity index (χ2v) is 8.70. The predicted octanol–water partition coefficient (Wildman–Crippen LogP) is 2.32. The molecule has 0 amide bonds. The monoisotopic (exact) mass is 432 g/mol. The average Bonchev–Trinajstić information content (AvgIpc) is 3.09. The number of H-pyrrole nitrogens is 1. The van der Waals surface area contributed by atoms with Crippen LogP contribution in [0.4, 0.5) is 0 Å². The maximum atomic E-state index is 12.5. The zero-order chi connectivity index (χ0) is 21.8. The van der Waals surface area contributed by atoms with E-state index in [1.165, 1.54) is 21.9 Å². The van der Waals surface area contributed by atoms with Crippen LogP contribution in [0.25, 0.3) is 11.2 Å². The number of aliphatic hydroxyl groups excluding tert-OH is 1. The zero-order valence-corrected chi connectivity index (χ0v) is 18.5. The second-order valence-electron chi connectivity index (χ2n) is 7.29. The SMILES string of the molecule is CCc1ccc(OC[C@H](O)Cn2c(S[C@@H](C)CC)nc3c2c(=O)[nH]c(=O)n3C)cc1. The van der Waals surface area contributed by atoms with E-state index < -0.39 is 17.4 Å². The van der Waals surface area contributed by atoms with E-state index in [4.69, 9.17) is 4.74 Å². The summed E-state index contributed by atoms with van der Waals surface area (Å²) in [6, 6.07) is 7.74. The largest absolute Gasteiger partial charge is 0.491 e. The van der Waals surface area contributed by atoms with Crippen LogP contribution in [-0.2, 0) is 20.0 Å². The molecule has 2 atom stereocenters. The van der Waals surface area contributed by atoms with Gasteiger partial charge >= 0.3 is 5.69 Å². The van der Waals surface area contributed by atoms with Crippen molar-refractivity contribution in [3.05, 3.63) is 50.7 Å². The Balaban J connectivity index is 1.86. The molecule has 0 saturated heterocycles. The molecule has 0 bridgehead atoms. The lowest BCUT2D eigenvalue weighted by Gasteiger charge is -2.16. The molecule has 0 radical (unpaired) electrons. The third-order valence-corrected chi connectivity index (χ3v) is 6.28. The summed E-state index contributed by atoms with van der Waals surface area (Å²) in [6.07, 6.45) is 1.01. The van der Waals surface area contributed by atoms with Gasteiger partial charge in [-0.2, -0.15) is 0 Å². The molecule has 3 aromatic rings. The number of fused-ring (bicyclic) bond motifs is 1. The van der Waals surface area contributed by atoms with E-state index >= 15 is 0 Å². The Morgan fingerprint density at radius 1 is 1.23 bits per heavy atom. The van der Waals surface area contributed by atoms with Crippen LogP contribution in [0.2, 0.25) is 0 Å².